The Bertz CT molecular complexity index is 1290. The number of fused-ring (bicyclic) bond motifs is 1. The molecule has 0 N–H and O–H groups in total. The number of hydrogen-bond donors (Lipinski definition) is 0. The Labute approximate surface area is 203 Å². The first-order valence-corrected chi connectivity index (χ1v) is 12.1. The van der Waals surface area contributed by atoms with Gasteiger partial charge < -0.3 is 4.90 Å². The average Bonchev–Trinajstić information content (AvgIpc) is 3.23. The summed E-state index contributed by atoms with van der Waals surface area (Å²) in [6, 6.07) is 19.5. The van der Waals surface area contributed by atoms with Crippen molar-refractivity contribution in [2.75, 3.05) is 7.05 Å². The molecule has 1 saturated carbocycles. The Kier molecular flexibility index (Phi) is 6.13. The van der Waals surface area contributed by atoms with E-state index in [4.69, 9.17) is 28.2 Å². The first-order valence-electron chi connectivity index (χ1n) is 11.3. The molecule has 4 aromatic rings. The topological polar surface area (TPSA) is 37.6 Å². The van der Waals surface area contributed by atoms with Crippen LogP contribution in [0.15, 0.2) is 66.9 Å². The Morgan fingerprint density at radius 1 is 0.879 bits per heavy atom. The van der Waals surface area contributed by atoms with E-state index in [1.807, 2.05) is 83.2 Å². The molecule has 2 heterocycles. The number of carbonyl (C=O) groups is 1. The third kappa shape index (κ3) is 4.38. The van der Waals surface area contributed by atoms with E-state index < -0.39 is 0 Å². The minimum absolute atomic E-state index is 0.0487. The van der Waals surface area contributed by atoms with Crippen LogP contribution in [0.5, 0.6) is 0 Å². The lowest BCUT2D eigenvalue weighted by atomic mass is 9.94. The lowest BCUT2D eigenvalue weighted by Gasteiger charge is -2.31. The second-order valence-electron chi connectivity index (χ2n) is 8.68. The standard InChI is InChI=1S/C27H25Cl2N3O/c1-31(23-5-3-2-4-6-23)27(33)20-11-16-24-30-25(18-7-12-21(28)13-8-18)26(32(24)17-20)19-9-14-22(29)15-10-19/h7-17,23H,2-6H2,1H3. The molecule has 1 aliphatic carbocycles. The molecule has 1 aliphatic rings. The maximum atomic E-state index is 13.4. The van der Waals surface area contributed by atoms with Gasteiger partial charge >= 0.3 is 0 Å². The number of benzene rings is 2. The minimum Gasteiger partial charge on any atom is -0.339 e. The van der Waals surface area contributed by atoms with Crippen molar-refractivity contribution in [1.29, 1.82) is 0 Å². The fourth-order valence-corrected chi connectivity index (χ4v) is 4.95. The first-order chi connectivity index (χ1) is 16.0. The molecule has 6 heteroatoms. The van der Waals surface area contributed by atoms with Crippen molar-refractivity contribution in [3.63, 3.8) is 0 Å². The van der Waals surface area contributed by atoms with Gasteiger partial charge in [0.2, 0.25) is 0 Å². The second kappa shape index (κ2) is 9.20. The van der Waals surface area contributed by atoms with Crippen molar-refractivity contribution in [2.45, 2.75) is 38.1 Å². The minimum atomic E-state index is 0.0487. The molecule has 0 bridgehead atoms. The number of imidazole rings is 1. The molecule has 0 atom stereocenters. The van der Waals surface area contributed by atoms with Gasteiger partial charge in [-0.15, -0.1) is 0 Å². The van der Waals surface area contributed by atoms with E-state index in [2.05, 4.69) is 0 Å². The molecular weight excluding hydrogens is 453 g/mol. The summed E-state index contributed by atoms with van der Waals surface area (Å²) in [4.78, 5) is 20.2. The van der Waals surface area contributed by atoms with E-state index in [9.17, 15) is 4.79 Å². The van der Waals surface area contributed by atoms with E-state index in [0.717, 1.165) is 41.0 Å². The van der Waals surface area contributed by atoms with Gasteiger partial charge in [-0.2, -0.15) is 0 Å². The Morgan fingerprint density at radius 3 is 2.12 bits per heavy atom. The molecule has 0 saturated heterocycles. The maximum Gasteiger partial charge on any atom is 0.255 e. The average molecular weight is 478 g/mol. The number of aromatic nitrogens is 2. The van der Waals surface area contributed by atoms with Crippen molar-refractivity contribution >= 4 is 34.8 Å². The van der Waals surface area contributed by atoms with Crippen LogP contribution >= 0.6 is 23.2 Å². The van der Waals surface area contributed by atoms with Gasteiger partial charge in [-0.3, -0.25) is 9.20 Å². The van der Waals surface area contributed by atoms with Crippen LogP contribution in [0.2, 0.25) is 10.0 Å². The molecule has 2 aromatic heterocycles. The van der Waals surface area contributed by atoms with Crippen molar-refractivity contribution < 1.29 is 4.79 Å². The van der Waals surface area contributed by atoms with Gasteiger partial charge in [0.05, 0.1) is 17.0 Å². The molecule has 168 valence electrons. The highest BCUT2D eigenvalue weighted by Gasteiger charge is 2.24. The molecule has 4 nitrogen and oxygen atoms in total. The third-order valence-corrected chi connectivity index (χ3v) is 7.05. The fraction of sp³-hybridized carbons (Fsp3) is 0.259. The van der Waals surface area contributed by atoms with Gasteiger partial charge in [-0.05, 0) is 49.2 Å². The monoisotopic (exact) mass is 477 g/mol. The van der Waals surface area contributed by atoms with E-state index in [0.29, 0.717) is 21.7 Å². The predicted molar refractivity (Wildman–Crippen MR) is 135 cm³/mol. The van der Waals surface area contributed by atoms with Crippen LogP contribution < -0.4 is 0 Å². The molecule has 0 spiro atoms. The summed E-state index contributed by atoms with van der Waals surface area (Å²) in [6.45, 7) is 0. The lowest BCUT2D eigenvalue weighted by Crippen LogP contribution is -2.38. The van der Waals surface area contributed by atoms with E-state index >= 15 is 0 Å². The molecule has 1 amide bonds. The van der Waals surface area contributed by atoms with Gasteiger partial charge in [0, 0.05) is 40.5 Å². The largest absolute Gasteiger partial charge is 0.339 e. The molecule has 0 aliphatic heterocycles. The summed E-state index contributed by atoms with van der Waals surface area (Å²) in [7, 11) is 1.93. The molecule has 5 rings (SSSR count). The number of carbonyl (C=O) groups excluding carboxylic acids is 1. The van der Waals surface area contributed by atoms with Crippen molar-refractivity contribution in [3.05, 3.63) is 82.5 Å². The molecule has 0 radical (unpaired) electrons. The first kappa shape index (κ1) is 22.0. The van der Waals surface area contributed by atoms with Crippen molar-refractivity contribution in [1.82, 2.24) is 14.3 Å². The molecular formula is C27H25Cl2N3O. The second-order valence-corrected chi connectivity index (χ2v) is 9.55. The Hall–Kier alpha value is -2.82. The van der Waals surface area contributed by atoms with E-state index in [1.165, 1.54) is 19.3 Å². The highest BCUT2D eigenvalue weighted by Crippen LogP contribution is 2.34. The normalized spacial score (nSPS) is 14.5. The highest BCUT2D eigenvalue weighted by molar-refractivity contribution is 6.31. The summed E-state index contributed by atoms with van der Waals surface area (Å²) >= 11 is 12.3. The van der Waals surface area contributed by atoms with Gasteiger partial charge in [-0.25, -0.2) is 4.98 Å². The highest BCUT2D eigenvalue weighted by atomic mass is 35.5. The predicted octanol–water partition coefficient (Wildman–Crippen LogP) is 7.38. The zero-order valence-corrected chi connectivity index (χ0v) is 20.0. The van der Waals surface area contributed by atoms with Crippen LogP contribution in [-0.4, -0.2) is 33.3 Å². The molecule has 2 aromatic carbocycles. The van der Waals surface area contributed by atoms with Crippen LogP contribution in [0.4, 0.5) is 0 Å². The number of nitrogens with zero attached hydrogens (tertiary/aromatic N) is 3. The summed E-state index contributed by atoms with van der Waals surface area (Å²) < 4.78 is 2.01. The number of amides is 1. The van der Waals surface area contributed by atoms with Crippen LogP contribution in [0.1, 0.15) is 42.5 Å². The number of hydrogen-bond acceptors (Lipinski definition) is 2. The zero-order chi connectivity index (χ0) is 22.9. The number of pyridine rings is 1. The summed E-state index contributed by atoms with van der Waals surface area (Å²) in [6.07, 6.45) is 7.70. The van der Waals surface area contributed by atoms with E-state index in [-0.39, 0.29) is 5.91 Å². The third-order valence-electron chi connectivity index (χ3n) is 6.54. The van der Waals surface area contributed by atoms with Crippen LogP contribution in [0, 0.1) is 0 Å². The van der Waals surface area contributed by atoms with Crippen molar-refractivity contribution in [2.24, 2.45) is 0 Å². The van der Waals surface area contributed by atoms with Gasteiger partial charge in [0.15, 0.2) is 0 Å². The SMILES string of the molecule is CN(C(=O)c1ccc2nc(-c3ccc(Cl)cc3)c(-c3ccc(Cl)cc3)n2c1)C1CCCCC1. The quantitative estimate of drug-likeness (QED) is 0.307. The van der Waals surface area contributed by atoms with Gasteiger partial charge in [0.1, 0.15) is 5.65 Å². The van der Waals surface area contributed by atoms with Crippen LogP contribution in [-0.2, 0) is 0 Å². The fourth-order valence-electron chi connectivity index (χ4n) is 4.70. The molecule has 0 unspecified atom stereocenters. The lowest BCUT2D eigenvalue weighted by molar-refractivity contribution is 0.0696. The zero-order valence-electron chi connectivity index (χ0n) is 18.5. The van der Waals surface area contributed by atoms with Crippen LogP contribution in [0.25, 0.3) is 28.2 Å². The van der Waals surface area contributed by atoms with Crippen molar-refractivity contribution in [3.8, 4) is 22.5 Å². The number of rotatable bonds is 4. The summed E-state index contributed by atoms with van der Waals surface area (Å²) in [5.74, 6) is 0.0487. The van der Waals surface area contributed by atoms with Gasteiger partial charge in [0.25, 0.3) is 5.91 Å². The van der Waals surface area contributed by atoms with E-state index in [1.54, 1.807) is 0 Å². The smallest absolute Gasteiger partial charge is 0.255 e. The van der Waals surface area contributed by atoms with Crippen LogP contribution in [0.3, 0.4) is 0 Å². The summed E-state index contributed by atoms with van der Waals surface area (Å²) in [5, 5.41) is 1.35. The number of halogens is 2. The van der Waals surface area contributed by atoms with Gasteiger partial charge in [-0.1, -0.05) is 66.7 Å². The maximum absolute atomic E-state index is 13.4. The molecule has 33 heavy (non-hydrogen) atoms. The molecule has 1 fully saturated rings. The summed E-state index contributed by atoms with van der Waals surface area (Å²) in [5.41, 5.74) is 5.12. The Balaban J connectivity index is 1.62. The Morgan fingerprint density at radius 2 is 1.48 bits per heavy atom.